The van der Waals surface area contributed by atoms with Crippen molar-refractivity contribution >= 4 is 5.97 Å². The van der Waals surface area contributed by atoms with Crippen LogP contribution in [0.25, 0.3) is 0 Å². The van der Waals surface area contributed by atoms with Gasteiger partial charge in [0.25, 0.3) is 0 Å². The van der Waals surface area contributed by atoms with Gasteiger partial charge in [0.1, 0.15) is 17.7 Å². The van der Waals surface area contributed by atoms with Crippen molar-refractivity contribution in [2.45, 2.75) is 19.5 Å². The Balaban J connectivity index is 2.65. The Hall–Kier alpha value is -1.49. The number of benzene rings is 1. The molecule has 0 spiro atoms. The molecule has 15 heavy (non-hydrogen) atoms. The van der Waals surface area contributed by atoms with Gasteiger partial charge in [-0.05, 0) is 25.1 Å². The van der Waals surface area contributed by atoms with Gasteiger partial charge in [-0.1, -0.05) is 0 Å². The van der Waals surface area contributed by atoms with Crippen LogP contribution in [0.2, 0.25) is 0 Å². The van der Waals surface area contributed by atoms with Crippen molar-refractivity contribution in [3.8, 4) is 0 Å². The number of carbonyl (C=O) groups is 1. The zero-order chi connectivity index (χ0) is 11.4. The first kappa shape index (κ1) is 11.6. The fourth-order valence-corrected chi connectivity index (χ4v) is 1.03. The molecule has 0 amide bonds. The molecule has 5 heteroatoms. The molecular weight excluding hydrogens is 204 g/mol. The number of hydrogen-bond acceptors (Lipinski definition) is 2. The van der Waals surface area contributed by atoms with Gasteiger partial charge < -0.3 is 10.4 Å². The van der Waals surface area contributed by atoms with Gasteiger partial charge in [0.15, 0.2) is 0 Å². The Morgan fingerprint density at radius 2 is 2.20 bits per heavy atom. The third-order valence-corrected chi connectivity index (χ3v) is 1.98. The second-order valence-electron chi connectivity index (χ2n) is 3.18. The van der Waals surface area contributed by atoms with Gasteiger partial charge in [0.2, 0.25) is 0 Å². The third kappa shape index (κ3) is 3.28. The summed E-state index contributed by atoms with van der Waals surface area (Å²) in [7, 11) is 0. The van der Waals surface area contributed by atoms with Crippen LogP contribution in [0.4, 0.5) is 8.78 Å². The van der Waals surface area contributed by atoms with Crippen molar-refractivity contribution in [1.29, 1.82) is 0 Å². The summed E-state index contributed by atoms with van der Waals surface area (Å²) in [6.07, 6.45) is 0. The second-order valence-corrected chi connectivity index (χ2v) is 3.18. The van der Waals surface area contributed by atoms with E-state index in [1.54, 1.807) is 0 Å². The monoisotopic (exact) mass is 215 g/mol. The fourth-order valence-electron chi connectivity index (χ4n) is 1.03. The van der Waals surface area contributed by atoms with E-state index in [0.717, 1.165) is 18.2 Å². The van der Waals surface area contributed by atoms with Crippen molar-refractivity contribution in [3.63, 3.8) is 0 Å². The molecule has 1 aromatic carbocycles. The van der Waals surface area contributed by atoms with Gasteiger partial charge in [-0.15, -0.1) is 0 Å². The smallest absolute Gasteiger partial charge is 0.320 e. The molecule has 0 fully saturated rings. The molecule has 0 bridgehead atoms. The van der Waals surface area contributed by atoms with Crippen LogP contribution in [0.15, 0.2) is 18.2 Å². The molecule has 0 unspecified atom stereocenters. The summed E-state index contributed by atoms with van der Waals surface area (Å²) in [5.74, 6) is -2.13. The Morgan fingerprint density at radius 3 is 2.80 bits per heavy atom. The lowest BCUT2D eigenvalue weighted by Gasteiger charge is -2.09. The van der Waals surface area contributed by atoms with Gasteiger partial charge in [-0.3, -0.25) is 4.79 Å². The first-order valence-electron chi connectivity index (χ1n) is 4.41. The van der Waals surface area contributed by atoms with Crippen LogP contribution in [0.3, 0.4) is 0 Å². The van der Waals surface area contributed by atoms with E-state index in [1.807, 2.05) is 0 Å². The molecule has 82 valence electrons. The molecule has 0 aliphatic carbocycles. The molecule has 3 nitrogen and oxygen atoms in total. The van der Waals surface area contributed by atoms with Crippen LogP contribution in [0.1, 0.15) is 12.5 Å². The Bertz CT molecular complexity index is 368. The predicted octanol–water partition coefficient (Wildman–Crippen LogP) is 1.53. The zero-order valence-electron chi connectivity index (χ0n) is 8.13. The minimum absolute atomic E-state index is 0.0168. The summed E-state index contributed by atoms with van der Waals surface area (Å²) in [5.41, 5.74) is 0.114. The van der Waals surface area contributed by atoms with E-state index in [9.17, 15) is 13.6 Å². The fraction of sp³-hybridized carbons (Fsp3) is 0.300. The number of halogens is 2. The molecule has 0 aliphatic heterocycles. The molecule has 0 aromatic heterocycles. The van der Waals surface area contributed by atoms with Crippen molar-refractivity contribution in [2.24, 2.45) is 0 Å². The average molecular weight is 215 g/mol. The molecule has 1 rings (SSSR count). The molecule has 0 aliphatic rings. The minimum atomic E-state index is -1.04. The van der Waals surface area contributed by atoms with Crippen molar-refractivity contribution in [2.75, 3.05) is 0 Å². The van der Waals surface area contributed by atoms with Gasteiger partial charge >= 0.3 is 5.97 Å². The summed E-state index contributed by atoms with van der Waals surface area (Å²) in [4.78, 5) is 10.4. The third-order valence-electron chi connectivity index (χ3n) is 1.98. The van der Waals surface area contributed by atoms with Crippen LogP contribution in [-0.4, -0.2) is 17.1 Å². The van der Waals surface area contributed by atoms with Gasteiger partial charge in [-0.25, -0.2) is 8.78 Å². The van der Waals surface area contributed by atoms with E-state index in [0.29, 0.717) is 0 Å². The van der Waals surface area contributed by atoms with E-state index >= 15 is 0 Å². The Labute approximate surface area is 85.7 Å². The summed E-state index contributed by atoms with van der Waals surface area (Å²) >= 11 is 0. The average Bonchev–Trinajstić information content (AvgIpc) is 2.18. The van der Waals surface area contributed by atoms with Crippen LogP contribution in [-0.2, 0) is 11.3 Å². The largest absolute Gasteiger partial charge is 0.480 e. The maximum atomic E-state index is 13.1. The van der Waals surface area contributed by atoms with Crippen LogP contribution in [0, 0.1) is 11.6 Å². The van der Waals surface area contributed by atoms with Crippen LogP contribution < -0.4 is 5.32 Å². The molecule has 0 saturated carbocycles. The number of carboxylic acid groups (broad SMARTS) is 1. The highest BCUT2D eigenvalue weighted by atomic mass is 19.1. The SMILES string of the molecule is C[C@H](NCc1cc(F)ccc1F)C(=O)O. The maximum Gasteiger partial charge on any atom is 0.320 e. The van der Waals surface area contributed by atoms with Gasteiger partial charge in [-0.2, -0.15) is 0 Å². The van der Waals surface area contributed by atoms with E-state index in [1.165, 1.54) is 6.92 Å². The lowest BCUT2D eigenvalue weighted by atomic mass is 10.2. The highest BCUT2D eigenvalue weighted by molar-refractivity contribution is 5.72. The highest BCUT2D eigenvalue weighted by Crippen LogP contribution is 2.09. The molecule has 0 saturated heterocycles. The summed E-state index contributed by atoms with van der Waals surface area (Å²) < 4.78 is 25.8. The molecular formula is C10H11F2NO2. The first-order chi connectivity index (χ1) is 7.00. The number of carboxylic acids is 1. The van der Waals surface area contributed by atoms with E-state index in [4.69, 9.17) is 5.11 Å². The standard InChI is InChI=1S/C10H11F2NO2/c1-6(10(14)15)13-5-7-4-8(11)2-3-9(7)12/h2-4,6,13H,5H2,1H3,(H,14,15)/t6-/m0/s1. The topological polar surface area (TPSA) is 49.3 Å². The maximum absolute atomic E-state index is 13.1. The summed E-state index contributed by atoms with van der Waals surface area (Å²) in [6.45, 7) is 1.41. The minimum Gasteiger partial charge on any atom is -0.480 e. The van der Waals surface area contributed by atoms with Gasteiger partial charge in [0, 0.05) is 12.1 Å². The number of nitrogens with one attached hydrogen (secondary N) is 1. The molecule has 0 heterocycles. The quantitative estimate of drug-likeness (QED) is 0.800. The van der Waals surface area contributed by atoms with Crippen molar-refractivity contribution in [1.82, 2.24) is 5.32 Å². The molecule has 1 aromatic rings. The Kier molecular flexibility index (Phi) is 3.74. The molecule has 0 radical (unpaired) electrons. The second kappa shape index (κ2) is 4.84. The lowest BCUT2D eigenvalue weighted by molar-refractivity contribution is -0.139. The van der Waals surface area contributed by atoms with E-state index in [2.05, 4.69) is 5.32 Å². The predicted molar refractivity (Wildman–Crippen MR) is 50.3 cm³/mol. The number of hydrogen-bond donors (Lipinski definition) is 2. The Morgan fingerprint density at radius 1 is 1.53 bits per heavy atom. The van der Waals surface area contributed by atoms with E-state index in [-0.39, 0.29) is 12.1 Å². The zero-order valence-corrected chi connectivity index (χ0v) is 8.13. The summed E-state index contributed by atoms with van der Waals surface area (Å²) in [5, 5.41) is 11.1. The first-order valence-corrected chi connectivity index (χ1v) is 4.41. The van der Waals surface area contributed by atoms with Crippen molar-refractivity contribution in [3.05, 3.63) is 35.4 Å². The normalized spacial score (nSPS) is 12.5. The number of aliphatic carboxylic acids is 1. The highest BCUT2D eigenvalue weighted by Gasteiger charge is 2.11. The van der Waals surface area contributed by atoms with Crippen LogP contribution in [0.5, 0.6) is 0 Å². The van der Waals surface area contributed by atoms with Crippen molar-refractivity contribution < 1.29 is 18.7 Å². The molecule has 1 atom stereocenters. The van der Waals surface area contributed by atoms with Crippen LogP contribution >= 0.6 is 0 Å². The van der Waals surface area contributed by atoms with E-state index < -0.39 is 23.6 Å². The number of rotatable bonds is 4. The molecule has 2 N–H and O–H groups in total. The lowest BCUT2D eigenvalue weighted by Crippen LogP contribution is -2.33. The van der Waals surface area contributed by atoms with Gasteiger partial charge in [0.05, 0.1) is 0 Å². The summed E-state index contributed by atoms with van der Waals surface area (Å²) in [6, 6.07) is 2.27.